The number of hydrogen-bond acceptors (Lipinski definition) is 5. The fourth-order valence-electron chi connectivity index (χ4n) is 3.79. The third-order valence-electron chi connectivity index (χ3n) is 5.35. The summed E-state index contributed by atoms with van der Waals surface area (Å²) in [4.78, 5) is 43.8. The third kappa shape index (κ3) is 3.95. The van der Waals surface area contributed by atoms with Crippen LogP contribution in [0.2, 0.25) is 5.02 Å². The van der Waals surface area contributed by atoms with Gasteiger partial charge in [0, 0.05) is 19.3 Å². The average Bonchev–Trinajstić information content (AvgIpc) is 3.10. The van der Waals surface area contributed by atoms with E-state index in [4.69, 9.17) is 16.0 Å². The normalized spacial score (nSPS) is 17.7. The van der Waals surface area contributed by atoms with Crippen molar-refractivity contribution in [2.24, 2.45) is 5.92 Å². The molecular weight excluding hydrogens is 408 g/mol. The number of rotatable bonds is 4. The molecule has 3 aromatic rings. The minimum absolute atomic E-state index is 0.194. The Kier molecular flexibility index (Phi) is 5.59. The van der Waals surface area contributed by atoms with Crippen LogP contribution in [0.3, 0.4) is 0 Å². The molecule has 1 N–H and O–H groups in total. The third-order valence-corrected chi connectivity index (χ3v) is 5.57. The summed E-state index contributed by atoms with van der Waals surface area (Å²) < 4.78 is 6.61. The minimum atomic E-state index is -0.735. The number of nitrogens with one attached hydrogen (secondary N) is 1. The van der Waals surface area contributed by atoms with Gasteiger partial charge in [0.25, 0.3) is 0 Å². The second-order valence-electron chi connectivity index (χ2n) is 7.36. The molecule has 1 saturated heterocycles. The molecule has 1 aliphatic heterocycles. The molecule has 4 rings (SSSR count). The lowest BCUT2D eigenvalue weighted by Crippen LogP contribution is -2.46. The van der Waals surface area contributed by atoms with Crippen LogP contribution in [-0.4, -0.2) is 39.4 Å². The number of pyridine rings is 1. The standard InChI is InChI=1S/C21H21ClN4O4/c1-13(26-16-6-2-3-7-17(16)30-21(26)29)20(28)25-10-4-5-14(12-25)19(27)24-18-9-8-15(22)11-23-18/h2-3,6-9,11,13-14H,4-5,10,12H2,1H3,(H,23,24,27). The van der Waals surface area contributed by atoms with Crippen LogP contribution in [0.5, 0.6) is 0 Å². The molecule has 0 aliphatic carbocycles. The summed E-state index contributed by atoms with van der Waals surface area (Å²) in [7, 11) is 0. The number of fused-ring (bicyclic) bond motifs is 1. The van der Waals surface area contributed by atoms with Crippen LogP contribution in [0.4, 0.5) is 5.82 Å². The van der Waals surface area contributed by atoms with E-state index in [9.17, 15) is 14.4 Å². The van der Waals surface area contributed by atoms with Crippen LogP contribution in [0.15, 0.2) is 51.8 Å². The van der Waals surface area contributed by atoms with Gasteiger partial charge in [0.05, 0.1) is 16.5 Å². The zero-order chi connectivity index (χ0) is 21.3. The fraction of sp³-hybridized carbons (Fsp3) is 0.333. The summed E-state index contributed by atoms with van der Waals surface area (Å²) in [6.45, 7) is 2.50. The van der Waals surface area contributed by atoms with Crippen molar-refractivity contribution in [2.75, 3.05) is 18.4 Å². The molecule has 2 unspecified atom stereocenters. The summed E-state index contributed by atoms with van der Waals surface area (Å²) in [6.07, 6.45) is 2.83. The summed E-state index contributed by atoms with van der Waals surface area (Å²) in [5.74, 6) is -0.924. The number of nitrogens with zero attached hydrogens (tertiary/aromatic N) is 3. The van der Waals surface area contributed by atoms with Crippen LogP contribution in [0.1, 0.15) is 25.8 Å². The molecule has 0 saturated carbocycles. The van der Waals surface area contributed by atoms with Gasteiger partial charge < -0.3 is 14.6 Å². The van der Waals surface area contributed by atoms with Gasteiger partial charge in [0.1, 0.15) is 11.9 Å². The zero-order valence-electron chi connectivity index (χ0n) is 16.4. The molecule has 8 nitrogen and oxygen atoms in total. The van der Waals surface area contributed by atoms with E-state index >= 15 is 0 Å². The number of carbonyl (C=O) groups is 2. The fourth-order valence-corrected chi connectivity index (χ4v) is 3.91. The molecule has 0 bridgehead atoms. The van der Waals surface area contributed by atoms with Gasteiger partial charge in [0.15, 0.2) is 5.58 Å². The van der Waals surface area contributed by atoms with E-state index in [0.717, 1.165) is 0 Å². The quantitative estimate of drug-likeness (QED) is 0.688. The molecule has 1 aromatic carbocycles. The molecule has 2 atom stereocenters. The van der Waals surface area contributed by atoms with Gasteiger partial charge in [-0.1, -0.05) is 23.7 Å². The van der Waals surface area contributed by atoms with Gasteiger partial charge >= 0.3 is 5.76 Å². The van der Waals surface area contributed by atoms with E-state index in [1.165, 1.54) is 10.8 Å². The summed E-state index contributed by atoms with van der Waals surface area (Å²) >= 11 is 5.82. The highest BCUT2D eigenvalue weighted by Gasteiger charge is 2.32. The Labute approximate surface area is 177 Å². The van der Waals surface area contributed by atoms with E-state index in [-0.39, 0.29) is 24.3 Å². The van der Waals surface area contributed by atoms with Crippen molar-refractivity contribution in [1.82, 2.24) is 14.5 Å². The van der Waals surface area contributed by atoms with Gasteiger partial charge in [0.2, 0.25) is 11.8 Å². The van der Waals surface area contributed by atoms with Crippen molar-refractivity contribution in [3.8, 4) is 0 Å². The molecule has 30 heavy (non-hydrogen) atoms. The van der Waals surface area contributed by atoms with Crippen molar-refractivity contribution < 1.29 is 14.0 Å². The van der Waals surface area contributed by atoms with E-state index in [2.05, 4.69) is 10.3 Å². The highest BCUT2D eigenvalue weighted by atomic mass is 35.5. The second-order valence-corrected chi connectivity index (χ2v) is 7.79. The van der Waals surface area contributed by atoms with E-state index < -0.39 is 11.8 Å². The number of benzene rings is 1. The smallest absolute Gasteiger partial charge is 0.408 e. The first kappa shape index (κ1) is 20.2. The number of halogens is 1. The average molecular weight is 429 g/mol. The number of anilines is 1. The van der Waals surface area contributed by atoms with Crippen LogP contribution in [-0.2, 0) is 9.59 Å². The summed E-state index contributed by atoms with van der Waals surface area (Å²) in [5.41, 5.74) is 1.01. The highest BCUT2D eigenvalue weighted by Crippen LogP contribution is 2.23. The molecule has 156 valence electrons. The van der Waals surface area contributed by atoms with Crippen LogP contribution in [0, 0.1) is 5.92 Å². The molecule has 3 heterocycles. The summed E-state index contributed by atoms with van der Waals surface area (Å²) in [6, 6.07) is 9.54. The van der Waals surface area contributed by atoms with Gasteiger partial charge in [-0.05, 0) is 44.0 Å². The summed E-state index contributed by atoms with van der Waals surface area (Å²) in [5, 5.41) is 3.26. The Hall–Kier alpha value is -3.13. The molecular formula is C21H21ClN4O4. The Bertz CT molecular complexity index is 1140. The van der Waals surface area contributed by atoms with Gasteiger partial charge in [-0.2, -0.15) is 0 Å². The lowest BCUT2D eigenvalue weighted by Gasteiger charge is -2.33. The number of para-hydroxylation sites is 2. The molecule has 1 fully saturated rings. The van der Waals surface area contributed by atoms with Crippen molar-refractivity contribution in [1.29, 1.82) is 0 Å². The van der Waals surface area contributed by atoms with E-state index in [0.29, 0.717) is 41.3 Å². The molecule has 9 heteroatoms. The number of amides is 2. The number of likely N-dealkylation sites (tertiary alicyclic amines) is 1. The largest absolute Gasteiger partial charge is 0.420 e. The first-order chi connectivity index (χ1) is 14.4. The maximum Gasteiger partial charge on any atom is 0.420 e. The lowest BCUT2D eigenvalue weighted by molar-refractivity contribution is -0.137. The molecule has 2 aromatic heterocycles. The Morgan fingerprint density at radius 2 is 2.07 bits per heavy atom. The van der Waals surface area contributed by atoms with Crippen LogP contribution < -0.4 is 11.1 Å². The minimum Gasteiger partial charge on any atom is -0.408 e. The Morgan fingerprint density at radius 1 is 1.27 bits per heavy atom. The highest BCUT2D eigenvalue weighted by molar-refractivity contribution is 6.30. The van der Waals surface area contributed by atoms with Crippen molar-refractivity contribution >= 4 is 40.3 Å². The number of oxazole rings is 1. The maximum atomic E-state index is 13.1. The van der Waals surface area contributed by atoms with Crippen LogP contribution >= 0.6 is 11.6 Å². The number of carbonyl (C=O) groups excluding carboxylic acids is 2. The molecule has 1 aliphatic rings. The predicted octanol–water partition coefficient (Wildman–Crippen LogP) is 3.08. The Morgan fingerprint density at radius 3 is 2.83 bits per heavy atom. The molecule has 0 spiro atoms. The Balaban J connectivity index is 1.47. The first-order valence-corrected chi connectivity index (χ1v) is 10.1. The lowest BCUT2D eigenvalue weighted by atomic mass is 9.96. The van der Waals surface area contributed by atoms with Crippen LogP contribution in [0.25, 0.3) is 11.1 Å². The zero-order valence-corrected chi connectivity index (χ0v) is 17.1. The monoisotopic (exact) mass is 428 g/mol. The first-order valence-electron chi connectivity index (χ1n) is 9.75. The SMILES string of the molecule is CC(C(=O)N1CCCC(C(=O)Nc2ccc(Cl)cn2)C1)n1c(=O)oc2ccccc21. The number of hydrogen-bond donors (Lipinski definition) is 1. The van der Waals surface area contributed by atoms with E-state index in [1.807, 2.05) is 0 Å². The van der Waals surface area contributed by atoms with Crippen molar-refractivity contribution in [2.45, 2.75) is 25.8 Å². The van der Waals surface area contributed by atoms with Gasteiger partial charge in [-0.15, -0.1) is 0 Å². The van der Waals surface area contributed by atoms with Crippen molar-refractivity contribution in [3.63, 3.8) is 0 Å². The van der Waals surface area contributed by atoms with Gasteiger partial charge in [-0.25, -0.2) is 9.78 Å². The molecule has 2 amide bonds. The van der Waals surface area contributed by atoms with Gasteiger partial charge in [-0.3, -0.25) is 14.2 Å². The maximum absolute atomic E-state index is 13.1. The van der Waals surface area contributed by atoms with E-state index in [1.54, 1.807) is 48.2 Å². The molecule has 0 radical (unpaired) electrons. The second kappa shape index (κ2) is 8.31. The van der Waals surface area contributed by atoms with Crippen molar-refractivity contribution in [3.05, 3.63) is 58.2 Å². The topological polar surface area (TPSA) is 97.4 Å². The number of aromatic nitrogens is 2. The number of piperidine rings is 1. The predicted molar refractivity (Wildman–Crippen MR) is 112 cm³/mol.